The first kappa shape index (κ1) is 12.3. The zero-order valence-electron chi connectivity index (χ0n) is 9.61. The molecule has 2 N–H and O–H groups in total. The third-order valence-corrected chi connectivity index (χ3v) is 2.50. The van der Waals surface area contributed by atoms with Crippen LogP contribution in [0.4, 0.5) is 0 Å². The van der Waals surface area contributed by atoms with E-state index in [0.29, 0.717) is 0 Å². The molecule has 0 aromatic carbocycles. The van der Waals surface area contributed by atoms with E-state index < -0.39 is 0 Å². The fraction of sp³-hybridized carbons (Fsp3) is 0.667. The van der Waals surface area contributed by atoms with Crippen LogP contribution in [0.1, 0.15) is 31.4 Å². The Labute approximate surface area is 92.2 Å². The molecule has 0 aliphatic carbocycles. The molecule has 1 heterocycles. The van der Waals surface area contributed by atoms with Gasteiger partial charge in [-0.1, -0.05) is 12.8 Å². The molecule has 0 saturated carbocycles. The summed E-state index contributed by atoms with van der Waals surface area (Å²) in [6.07, 6.45) is 6.66. The smallest absolute Gasteiger partial charge is 0.117 e. The van der Waals surface area contributed by atoms with E-state index in [2.05, 4.69) is 11.9 Å². The average Bonchev–Trinajstić information content (AvgIpc) is 2.70. The lowest BCUT2D eigenvalue weighted by Gasteiger charge is -2.14. The van der Waals surface area contributed by atoms with E-state index in [1.807, 2.05) is 12.1 Å². The fourth-order valence-corrected chi connectivity index (χ4v) is 1.63. The highest BCUT2D eigenvalue weighted by Gasteiger charge is 2.01. The van der Waals surface area contributed by atoms with E-state index in [1.165, 1.54) is 19.3 Å². The molecule has 15 heavy (non-hydrogen) atoms. The van der Waals surface area contributed by atoms with Crippen LogP contribution in [0.3, 0.4) is 0 Å². The molecule has 0 aliphatic rings. The van der Waals surface area contributed by atoms with Gasteiger partial charge in [0, 0.05) is 0 Å². The van der Waals surface area contributed by atoms with Crippen molar-refractivity contribution in [3.05, 3.63) is 24.2 Å². The number of furan rings is 1. The van der Waals surface area contributed by atoms with Crippen molar-refractivity contribution in [1.29, 1.82) is 0 Å². The molecule has 0 bridgehead atoms. The predicted octanol–water partition coefficient (Wildman–Crippen LogP) is 2.23. The standard InChI is InChI=1S/C12H22N2O/c1-14(9-5-3-2-4-8-13)11-12-7-6-10-15-12/h6-7,10H,2-5,8-9,11,13H2,1H3. The molecule has 1 aromatic rings. The van der Waals surface area contributed by atoms with Gasteiger partial charge in [0.2, 0.25) is 0 Å². The van der Waals surface area contributed by atoms with Crippen molar-refractivity contribution in [2.24, 2.45) is 5.73 Å². The minimum atomic E-state index is 0.822. The Morgan fingerprint density at radius 3 is 2.73 bits per heavy atom. The number of unbranched alkanes of at least 4 members (excludes halogenated alkanes) is 3. The van der Waals surface area contributed by atoms with Crippen molar-refractivity contribution in [2.45, 2.75) is 32.2 Å². The molecule has 3 heteroatoms. The first-order chi connectivity index (χ1) is 7.33. The summed E-state index contributed by atoms with van der Waals surface area (Å²) < 4.78 is 5.29. The van der Waals surface area contributed by atoms with Gasteiger partial charge in [0.25, 0.3) is 0 Å². The SMILES string of the molecule is CN(CCCCCCN)Cc1ccco1. The molecule has 0 amide bonds. The lowest BCUT2D eigenvalue weighted by atomic mass is 10.2. The summed E-state index contributed by atoms with van der Waals surface area (Å²) >= 11 is 0. The van der Waals surface area contributed by atoms with Gasteiger partial charge in [-0.15, -0.1) is 0 Å². The van der Waals surface area contributed by atoms with Crippen molar-refractivity contribution in [3.8, 4) is 0 Å². The molecule has 0 unspecified atom stereocenters. The Bertz CT molecular complexity index is 234. The van der Waals surface area contributed by atoms with Gasteiger partial charge >= 0.3 is 0 Å². The average molecular weight is 210 g/mol. The monoisotopic (exact) mass is 210 g/mol. The lowest BCUT2D eigenvalue weighted by Crippen LogP contribution is -2.18. The Morgan fingerprint density at radius 2 is 2.07 bits per heavy atom. The summed E-state index contributed by atoms with van der Waals surface area (Å²) in [5.41, 5.74) is 5.44. The number of rotatable bonds is 8. The highest BCUT2D eigenvalue weighted by Crippen LogP contribution is 2.05. The first-order valence-corrected chi connectivity index (χ1v) is 5.74. The maximum atomic E-state index is 5.44. The molecule has 0 atom stereocenters. The minimum absolute atomic E-state index is 0.822. The van der Waals surface area contributed by atoms with Gasteiger partial charge in [-0.05, 0) is 45.1 Å². The van der Waals surface area contributed by atoms with E-state index in [1.54, 1.807) is 6.26 Å². The number of hydrogen-bond donors (Lipinski definition) is 1. The molecule has 3 nitrogen and oxygen atoms in total. The highest BCUT2D eigenvalue weighted by atomic mass is 16.3. The minimum Gasteiger partial charge on any atom is -0.468 e. The van der Waals surface area contributed by atoms with Crippen LogP contribution in [-0.2, 0) is 6.54 Å². The first-order valence-electron chi connectivity index (χ1n) is 5.74. The second kappa shape index (κ2) is 7.49. The maximum absolute atomic E-state index is 5.44. The van der Waals surface area contributed by atoms with Crippen LogP contribution in [0.2, 0.25) is 0 Å². The molecule has 1 aromatic heterocycles. The lowest BCUT2D eigenvalue weighted by molar-refractivity contribution is 0.288. The topological polar surface area (TPSA) is 42.4 Å². The second-order valence-electron chi connectivity index (χ2n) is 4.02. The summed E-state index contributed by atoms with van der Waals surface area (Å²) in [5.74, 6) is 1.04. The van der Waals surface area contributed by atoms with Gasteiger partial charge in [0.15, 0.2) is 0 Å². The van der Waals surface area contributed by atoms with Crippen LogP contribution < -0.4 is 5.73 Å². The van der Waals surface area contributed by atoms with Crippen LogP contribution in [0, 0.1) is 0 Å². The third kappa shape index (κ3) is 5.60. The molecule has 0 radical (unpaired) electrons. The van der Waals surface area contributed by atoms with Crippen molar-refractivity contribution in [2.75, 3.05) is 20.1 Å². The summed E-state index contributed by atoms with van der Waals surface area (Å²) in [4.78, 5) is 2.29. The van der Waals surface area contributed by atoms with Crippen LogP contribution in [0.25, 0.3) is 0 Å². The maximum Gasteiger partial charge on any atom is 0.117 e. The Kier molecular flexibility index (Phi) is 6.12. The summed E-state index contributed by atoms with van der Waals surface area (Å²) in [6, 6.07) is 3.95. The van der Waals surface area contributed by atoms with Crippen LogP contribution in [0.5, 0.6) is 0 Å². The normalized spacial score (nSPS) is 11.1. The Hall–Kier alpha value is -0.800. The fourth-order valence-electron chi connectivity index (χ4n) is 1.63. The highest BCUT2D eigenvalue weighted by molar-refractivity contribution is 4.97. The van der Waals surface area contributed by atoms with E-state index in [4.69, 9.17) is 10.2 Å². The zero-order chi connectivity index (χ0) is 10.9. The molecular weight excluding hydrogens is 188 g/mol. The quantitative estimate of drug-likeness (QED) is 0.669. The zero-order valence-corrected chi connectivity index (χ0v) is 9.61. The van der Waals surface area contributed by atoms with Crippen molar-refractivity contribution in [3.63, 3.8) is 0 Å². The van der Waals surface area contributed by atoms with Crippen LogP contribution in [-0.4, -0.2) is 25.0 Å². The largest absolute Gasteiger partial charge is 0.468 e. The molecule has 0 spiro atoms. The van der Waals surface area contributed by atoms with E-state index in [0.717, 1.165) is 31.8 Å². The van der Waals surface area contributed by atoms with Gasteiger partial charge in [0.05, 0.1) is 12.8 Å². The Morgan fingerprint density at radius 1 is 1.27 bits per heavy atom. The van der Waals surface area contributed by atoms with Crippen LogP contribution >= 0.6 is 0 Å². The molecule has 1 rings (SSSR count). The van der Waals surface area contributed by atoms with Gasteiger partial charge < -0.3 is 10.2 Å². The Balaban J connectivity index is 2.01. The van der Waals surface area contributed by atoms with E-state index >= 15 is 0 Å². The van der Waals surface area contributed by atoms with Gasteiger partial charge in [-0.2, -0.15) is 0 Å². The molecular formula is C12H22N2O. The van der Waals surface area contributed by atoms with E-state index in [-0.39, 0.29) is 0 Å². The van der Waals surface area contributed by atoms with Gasteiger partial charge in [-0.3, -0.25) is 4.90 Å². The predicted molar refractivity (Wildman–Crippen MR) is 62.6 cm³/mol. The summed E-state index contributed by atoms with van der Waals surface area (Å²) in [6.45, 7) is 2.86. The second-order valence-corrected chi connectivity index (χ2v) is 4.02. The number of nitrogens with two attached hydrogens (primary N) is 1. The molecule has 0 fully saturated rings. The number of nitrogens with zero attached hydrogens (tertiary/aromatic N) is 1. The van der Waals surface area contributed by atoms with Crippen molar-refractivity contribution < 1.29 is 4.42 Å². The third-order valence-electron chi connectivity index (χ3n) is 2.50. The van der Waals surface area contributed by atoms with Crippen molar-refractivity contribution >= 4 is 0 Å². The summed E-state index contributed by atoms with van der Waals surface area (Å²) in [7, 11) is 2.13. The van der Waals surface area contributed by atoms with Gasteiger partial charge in [-0.25, -0.2) is 0 Å². The molecule has 0 saturated heterocycles. The van der Waals surface area contributed by atoms with Crippen LogP contribution in [0.15, 0.2) is 22.8 Å². The summed E-state index contributed by atoms with van der Waals surface area (Å²) in [5, 5.41) is 0. The number of hydrogen-bond acceptors (Lipinski definition) is 3. The van der Waals surface area contributed by atoms with Crippen molar-refractivity contribution in [1.82, 2.24) is 4.90 Å². The molecule has 0 aliphatic heterocycles. The van der Waals surface area contributed by atoms with E-state index in [9.17, 15) is 0 Å². The van der Waals surface area contributed by atoms with Gasteiger partial charge in [0.1, 0.15) is 5.76 Å². The molecule has 86 valence electrons.